The predicted molar refractivity (Wildman–Crippen MR) is 149 cm³/mol. The standard InChI is InChI=1S/C30H32N4O6/c1-18(36)25(16-35)34-30(38)26-12-9-20(17-39-26)33-27-23-13-14-31-24(23)15-32-28(27)29(37)19-7-10-22(11-8-19)40-21-5-3-2-4-6-21/h2-8,10-11,13-14,18,20,25-26,31,35-36H,9,12,15-17H2,1H3,(H,34,38)/t18-,20-,25-,26+/m1/s1. The van der Waals surface area contributed by atoms with E-state index < -0.39 is 18.2 Å². The van der Waals surface area contributed by atoms with Gasteiger partial charge in [-0.05, 0) is 62.2 Å². The Balaban J connectivity index is 1.29. The lowest BCUT2D eigenvalue weighted by atomic mass is 9.95. The Labute approximate surface area is 231 Å². The van der Waals surface area contributed by atoms with E-state index >= 15 is 0 Å². The first kappa shape index (κ1) is 27.4. The summed E-state index contributed by atoms with van der Waals surface area (Å²) in [7, 11) is 0. The molecule has 10 nitrogen and oxygen atoms in total. The van der Waals surface area contributed by atoms with Crippen molar-refractivity contribution in [2.75, 3.05) is 13.2 Å². The molecule has 0 aliphatic carbocycles. The highest BCUT2D eigenvalue weighted by atomic mass is 16.5. The van der Waals surface area contributed by atoms with E-state index in [1.54, 1.807) is 30.5 Å². The second kappa shape index (κ2) is 12.4. The summed E-state index contributed by atoms with van der Waals surface area (Å²) >= 11 is 0. The molecule has 1 fully saturated rings. The van der Waals surface area contributed by atoms with Crippen molar-refractivity contribution in [3.63, 3.8) is 0 Å². The van der Waals surface area contributed by atoms with Crippen molar-refractivity contribution in [1.29, 1.82) is 0 Å². The van der Waals surface area contributed by atoms with Crippen LogP contribution in [-0.2, 0) is 16.1 Å². The van der Waals surface area contributed by atoms with Gasteiger partial charge >= 0.3 is 0 Å². The van der Waals surface area contributed by atoms with Gasteiger partial charge in [0.1, 0.15) is 23.3 Å². The molecule has 2 aliphatic rings. The molecule has 2 aromatic carbocycles. The summed E-state index contributed by atoms with van der Waals surface area (Å²) in [5.41, 5.74) is 2.96. The second-order valence-electron chi connectivity index (χ2n) is 9.87. The van der Waals surface area contributed by atoms with Crippen LogP contribution in [0.4, 0.5) is 0 Å². The summed E-state index contributed by atoms with van der Waals surface area (Å²) in [6.45, 7) is 1.66. The van der Waals surface area contributed by atoms with Crippen LogP contribution >= 0.6 is 0 Å². The number of amides is 1. The number of aliphatic hydroxyl groups is 2. The van der Waals surface area contributed by atoms with E-state index in [4.69, 9.17) is 14.5 Å². The van der Waals surface area contributed by atoms with Gasteiger partial charge in [0.25, 0.3) is 0 Å². The third-order valence-corrected chi connectivity index (χ3v) is 6.98. The second-order valence-corrected chi connectivity index (χ2v) is 9.87. The number of aliphatic imine (C=N–C) groups is 2. The van der Waals surface area contributed by atoms with E-state index in [1.807, 2.05) is 36.4 Å². The van der Waals surface area contributed by atoms with Gasteiger partial charge in [-0.15, -0.1) is 0 Å². The fraction of sp³-hybridized carbons (Fsp3) is 0.333. The molecule has 3 aromatic rings. The first-order valence-corrected chi connectivity index (χ1v) is 13.3. The summed E-state index contributed by atoms with van der Waals surface area (Å²) in [5, 5.41) is 21.7. The monoisotopic (exact) mass is 544 g/mol. The van der Waals surface area contributed by atoms with Gasteiger partial charge in [-0.2, -0.15) is 0 Å². The van der Waals surface area contributed by atoms with Crippen molar-refractivity contribution in [3.05, 3.63) is 83.7 Å². The summed E-state index contributed by atoms with van der Waals surface area (Å²) < 4.78 is 11.6. The smallest absolute Gasteiger partial charge is 0.249 e. The minimum atomic E-state index is -0.888. The number of hydrogen-bond donors (Lipinski definition) is 4. The fourth-order valence-corrected chi connectivity index (χ4v) is 4.69. The number of rotatable bonds is 9. The Bertz CT molecular complexity index is 1390. The van der Waals surface area contributed by atoms with Gasteiger partial charge in [-0.25, -0.2) is 0 Å². The Kier molecular flexibility index (Phi) is 8.49. The van der Waals surface area contributed by atoms with Gasteiger partial charge in [0.05, 0.1) is 43.7 Å². The molecular weight excluding hydrogens is 512 g/mol. The average molecular weight is 545 g/mol. The normalized spacial score (nSPS) is 21.2. The first-order chi connectivity index (χ1) is 19.4. The zero-order chi connectivity index (χ0) is 28.1. The molecule has 1 aromatic heterocycles. The van der Waals surface area contributed by atoms with E-state index in [0.717, 1.165) is 11.3 Å². The van der Waals surface area contributed by atoms with Crippen molar-refractivity contribution in [2.24, 2.45) is 9.98 Å². The number of ether oxygens (including phenoxy) is 2. The summed E-state index contributed by atoms with van der Waals surface area (Å²) in [5.74, 6) is 0.706. The van der Waals surface area contributed by atoms with Crippen LogP contribution in [0.5, 0.6) is 11.5 Å². The molecule has 4 N–H and O–H groups in total. The molecule has 2 aliphatic heterocycles. The lowest BCUT2D eigenvalue weighted by Crippen LogP contribution is -2.50. The molecule has 40 heavy (non-hydrogen) atoms. The third-order valence-electron chi connectivity index (χ3n) is 6.98. The number of Topliss-reactive ketones (excluding diaryl/α,β-unsaturated/α-hetero) is 1. The number of benzene rings is 2. The van der Waals surface area contributed by atoms with Crippen molar-refractivity contribution in [3.8, 4) is 11.5 Å². The molecule has 3 heterocycles. The van der Waals surface area contributed by atoms with E-state index in [9.17, 15) is 19.8 Å². The Morgan fingerprint density at radius 2 is 1.88 bits per heavy atom. The number of nitrogens with one attached hydrogen (secondary N) is 2. The van der Waals surface area contributed by atoms with Crippen molar-refractivity contribution in [1.82, 2.24) is 10.3 Å². The Morgan fingerprint density at radius 3 is 2.55 bits per heavy atom. The van der Waals surface area contributed by atoms with Crippen LogP contribution in [0.1, 0.15) is 41.4 Å². The fourth-order valence-electron chi connectivity index (χ4n) is 4.69. The molecule has 0 spiro atoms. The predicted octanol–water partition coefficient (Wildman–Crippen LogP) is 2.84. The number of hydrogen-bond acceptors (Lipinski definition) is 8. The number of aliphatic hydroxyl groups excluding tert-OH is 2. The largest absolute Gasteiger partial charge is 0.457 e. The maximum Gasteiger partial charge on any atom is 0.249 e. The van der Waals surface area contributed by atoms with Crippen LogP contribution in [-0.4, -0.2) is 75.8 Å². The quantitative estimate of drug-likeness (QED) is 0.305. The van der Waals surface area contributed by atoms with E-state index in [1.165, 1.54) is 6.92 Å². The maximum absolute atomic E-state index is 13.6. The average Bonchev–Trinajstić information content (AvgIpc) is 3.46. The molecule has 1 saturated heterocycles. The highest BCUT2D eigenvalue weighted by Gasteiger charge is 2.32. The molecule has 4 atom stereocenters. The highest BCUT2D eigenvalue weighted by Crippen LogP contribution is 2.25. The molecule has 0 radical (unpaired) electrons. The van der Waals surface area contributed by atoms with Gasteiger partial charge < -0.3 is 30.0 Å². The number of para-hydroxylation sites is 1. The number of carbonyl (C=O) groups is 2. The number of H-pyrrole nitrogens is 1. The van der Waals surface area contributed by atoms with E-state index in [-0.39, 0.29) is 36.7 Å². The van der Waals surface area contributed by atoms with Crippen LogP contribution in [0.2, 0.25) is 0 Å². The maximum atomic E-state index is 13.6. The number of fused-ring (bicyclic) bond motifs is 1. The van der Waals surface area contributed by atoms with Crippen LogP contribution < -0.4 is 10.1 Å². The van der Waals surface area contributed by atoms with Gasteiger partial charge in [0.15, 0.2) is 0 Å². The topological polar surface area (TPSA) is 146 Å². The summed E-state index contributed by atoms with van der Waals surface area (Å²) in [6, 6.07) is 17.2. The van der Waals surface area contributed by atoms with E-state index in [2.05, 4.69) is 15.3 Å². The van der Waals surface area contributed by atoms with Gasteiger partial charge in [-0.3, -0.25) is 19.6 Å². The van der Waals surface area contributed by atoms with Gasteiger partial charge in [0.2, 0.25) is 11.7 Å². The van der Waals surface area contributed by atoms with Crippen molar-refractivity contribution in [2.45, 2.75) is 50.6 Å². The summed E-state index contributed by atoms with van der Waals surface area (Å²) in [6.07, 6.45) is 1.18. The highest BCUT2D eigenvalue weighted by molar-refractivity contribution is 6.73. The van der Waals surface area contributed by atoms with Gasteiger partial charge in [0, 0.05) is 23.0 Å². The third kappa shape index (κ3) is 6.20. The Hall–Kier alpha value is -4.12. The molecule has 0 bridgehead atoms. The Morgan fingerprint density at radius 1 is 1.12 bits per heavy atom. The number of carbonyl (C=O) groups excluding carboxylic acids is 2. The molecule has 0 unspecified atom stereocenters. The minimum Gasteiger partial charge on any atom is -0.457 e. The van der Waals surface area contributed by atoms with E-state index in [0.29, 0.717) is 42.2 Å². The molecule has 10 heteroatoms. The molecule has 5 rings (SSSR count). The zero-order valence-corrected chi connectivity index (χ0v) is 22.1. The number of aromatic nitrogens is 1. The first-order valence-electron chi connectivity index (χ1n) is 13.3. The SMILES string of the molecule is C[C@@H](O)[C@@H](CO)NC(=O)[C@@H]1CC[C@@H](N=C2C(C(=O)c3ccc(Oc4ccccc4)cc3)=NCc3[nH]ccc32)CO1. The van der Waals surface area contributed by atoms with Crippen molar-refractivity contribution >= 4 is 23.1 Å². The van der Waals surface area contributed by atoms with Crippen LogP contribution in [0.15, 0.2) is 76.8 Å². The summed E-state index contributed by atoms with van der Waals surface area (Å²) in [4.78, 5) is 38.8. The zero-order valence-electron chi connectivity index (χ0n) is 22.1. The molecule has 208 valence electrons. The number of nitrogens with zero attached hydrogens (tertiary/aromatic N) is 2. The number of aromatic amines is 1. The number of ketones is 1. The van der Waals surface area contributed by atoms with Gasteiger partial charge in [-0.1, -0.05) is 18.2 Å². The lowest BCUT2D eigenvalue weighted by Gasteiger charge is -2.29. The minimum absolute atomic E-state index is 0.187. The van der Waals surface area contributed by atoms with Crippen LogP contribution in [0.3, 0.4) is 0 Å². The lowest BCUT2D eigenvalue weighted by molar-refractivity contribution is -0.138. The molecular formula is C30H32N4O6. The van der Waals surface area contributed by atoms with Crippen molar-refractivity contribution < 1.29 is 29.3 Å². The van der Waals surface area contributed by atoms with Crippen LogP contribution in [0.25, 0.3) is 0 Å². The molecule has 1 amide bonds. The molecule has 0 saturated carbocycles. The van der Waals surface area contributed by atoms with Crippen LogP contribution in [0, 0.1) is 0 Å².